The molecule has 0 saturated carbocycles. The van der Waals surface area contributed by atoms with Gasteiger partial charge >= 0.3 is 0 Å². The van der Waals surface area contributed by atoms with E-state index in [1.165, 1.54) is 0 Å². The maximum Gasteiger partial charge on any atom is 0.272 e. The molecule has 1 aromatic carbocycles. The fourth-order valence-corrected chi connectivity index (χ4v) is 2.90. The van der Waals surface area contributed by atoms with Gasteiger partial charge in [-0.15, -0.1) is 5.11 Å². The van der Waals surface area contributed by atoms with Crippen LogP contribution in [0, 0.1) is 6.92 Å². The molecule has 3 aromatic rings. The Morgan fingerprint density at radius 2 is 2.12 bits per heavy atom. The average molecular weight is 352 g/mol. The maximum absolute atomic E-state index is 5.99. The normalized spacial score (nSPS) is 15.2. The number of rotatable bonds is 4. The number of fused-ring (bicyclic) bond motifs is 1. The fraction of sp³-hybridized carbons (Fsp3) is 0.353. The number of nitrogen functional groups attached to an aromatic ring is 1. The largest absolute Gasteiger partial charge is 0.398 e. The van der Waals surface area contributed by atoms with E-state index < -0.39 is 0 Å². The number of hydrogen-bond donors (Lipinski definition) is 2. The van der Waals surface area contributed by atoms with Gasteiger partial charge in [-0.05, 0) is 18.6 Å². The van der Waals surface area contributed by atoms with Crippen LogP contribution in [0.15, 0.2) is 34.8 Å². The number of morpholine rings is 1. The molecular formula is C17H20N8O. The van der Waals surface area contributed by atoms with Crippen LogP contribution in [-0.2, 0) is 11.3 Å². The van der Waals surface area contributed by atoms with E-state index in [-0.39, 0.29) is 5.95 Å². The lowest BCUT2D eigenvalue weighted by molar-refractivity contribution is 0.122. The molecule has 1 fully saturated rings. The maximum atomic E-state index is 5.99. The summed E-state index contributed by atoms with van der Waals surface area (Å²) < 4.78 is 5.41. The highest BCUT2D eigenvalue weighted by Gasteiger charge is 2.18. The summed E-state index contributed by atoms with van der Waals surface area (Å²) in [5, 5.41) is 8.42. The van der Waals surface area contributed by atoms with Gasteiger partial charge in [0.1, 0.15) is 5.52 Å². The van der Waals surface area contributed by atoms with Gasteiger partial charge in [-0.3, -0.25) is 0 Å². The Morgan fingerprint density at radius 3 is 2.96 bits per heavy atom. The molecule has 2 aromatic heterocycles. The second kappa shape index (κ2) is 7.04. The first kappa shape index (κ1) is 16.4. The number of benzene rings is 1. The molecule has 0 atom stereocenters. The number of hydrogen-bond acceptors (Lipinski definition) is 8. The topological polar surface area (TPSA) is 118 Å². The van der Waals surface area contributed by atoms with Crippen molar-refractivity contribution in [3.63, 3.8) is 0 Å². The van der Waals surface area contributed by atoms with Gasteiger partial charge in [0.05, 0.1) is 26.1 Å². The van der Waals surface area contributed by atoms with Crippen LogP contribution in [0.5, 0.6) is 0 Å². The molecule has 26 heavy (non-hydrogen) atoms. The molecule has 1 saturated heterocycles. The zero-order valence-corrected chi connectivity index (χ0v) is 14.5. The Bertz CT molecular complexity index is 945. The summed E-state index contributed by atoms with van der Waals surface area (Å²) >= 11 is 0. The minimum atomic E-state index is 0.289. The zero-order valence-electron chi connectivity index (χ0n) is 14.5. The van der Waals surface area contributed by atoms with E-state index in [0.29, 0.717) is 31.1 Å². The predicted molar refractivity (Wildman–Crippen MR) is 98.5 cm³/mol. The van der Waals surface area contributed by atoms with E-state index >= 15 is 0 Å². The lowest BCUT2D eigenvalue weighted by Gasteiger charge is -2.27. The number of azo groups is 1. The first-order chi connectivity index (χ1) is 12.7. The van der Waals surface area contributed by atoms with E-state index in [1.807, 2.05) is 25.1 Å². The monoisotopic (exact) mass is 352 g/mol. The van der Waals surface area contributed by atoms with Crippen LogP contribution in [0.1, 0.15) is 11.1 Å². The van der Waals surface area contributed by atoms with Crippen molar-refractivity contribution in [3.8, 4) is 0 Å². The van der Waals surface area contributed by atoms with E-state index in [9.17, 15) is 0 Å². The van der Waals surface area contributed by atoms with Gasteiger partial charge in [-0.1, -0.05) is 17.7 Å². The van der Waals surface area contributed by atoms with Gasteiger partial charge in [-0.2, -0.15) is 15.1 Å². The standard InChI is InChI=1S/C17H20N8O/c1-11-2-3-13(18)12(8-11)9-21-24-17-22-15-14(19-10-20-15)16(23-17)25-4-6-26-7-5-25/h2-3,8,10H,4-7,9,18H2,1H3,(H,19,20,22,23). The average Bonchev–Trinajstić information content (AvgIpc) is 3.13. The van der Waals surface area contributed by atoms with Crippen molar-refractivity contribution in [3.05, 3.63) is 35.7 Å². The van der Waals surface area contributed by atoms with Gasteiger partial charge in [0.25, 0.3) is 5.95 Å². The van der Waals surface area contributed by atoms with Crippen molar-refractivity contribution in [2.24, 2.45) is 10.2 Å². The molecule has 3 heterocycles. The second-order valence-corrected chi connectivity index (χ2v) is 6.15. The van der Waals surface area contributed by atoms with Gasteiger partial charge in [0.15, 0.2) is 11.5 Å². The third-order valence-electron chi connectivity index (χ3n) is 4.27. The van der Waals surface area contributed by atoms with E-state index in [2.05, 4.69) is 35.1 Å². The van der Waals surface area contributed by atoms with E-state index in [1.54, 1.807) is 6.33 Å². The Kier molecular flexibility index (Phi) is 4.44. The molecular weight excluding hydrogens is 332 g/mol. The Balaban J connectivity index is 1.61. The second-order valence-electron chi connectivity index (χ2n) is 6.15. The molecule has 3 N–H and O–H groups in total. The molecule has 0 unspecified atom stereocenters. The van der Waals surface area contributed by atoms with Crippen LogP contribution in [0.4, 0.5) is 17.5 Å². The summed E-state index contributed by atoms with van der Waals surface area (Å²) in [6, 6.07) is 5.85. The van der Waals surface area contributed by atoms with Crippen molar-refractivity contribution >= 4 is 28.6 Å². The van der Waals surface area contributed by atoms with Crippen LogP contribution in [0.25, 0.3) is 11.2 Å². The first-order valence-corrected chi connectivity index (χ1v) is 8.47. The number of ether oxygens (including phenoxy) is 1. The number of nitrogens with one attached hydrogen (secondary N) is 1. The third kappa shape index (κ3) is 3.33. The number of aromatic nitrogens is 4. The summed E-state index contributed by atoms with van der Waals surface area (Å²) in [7, 11) is 0. The highest BCUT2D eigenvalue weighted by atomic mass is 16.5. The molecule has 0 aliphatic carbocycles. The minimum absolute atomic E-state index is 0.289. The molecule has 134 valence electrons. The van der Waals surface area contributed by atoms with Crippen molar-refractivity contribution in [1.29, 1.82) is 0 Å². The predicted octanol–water partition coefficient (Wildman–Crippen LogP) is 2.36. The van der Waals surface area contributed by atoms with Gasteiger partial charge < -0.3 is 20.4 Å². The fourth-order valence-electron chi connectivity index (χ4n) is 2.90. The molecule has 0 amide bonds. The number of anilines is 2. The summed E-state index contributed by atoms with van der Waals surface area (Å²) in [5.41, 5.74) is 10.1. The number of H-pyrrole nitrogens is 1. The Hall–Kier alpha value is -3.07. The molecule has 0 radical (unpaired) electrons. The summed E-state index contributed by atoms with van der Waals surface area (Å²) in [6.45, 7) is 5.26. The number of nitrogens with zero attached hydrogens (tertiary/aromatic N) is 6. The molecule has 0 spiro atoms. The molecule has 9 heteroatoms. The summed E-state index contributed by atoms with van der Waals surface area (Å²) in [4.78, 5) is 18.4. The number of aryl methyl sites for hydroxylation is 1. The van der Waals surface area contributed by atoms with Crippen molar-refractivity contribution < 1.29 is 4.74 Å². The number of aromatic amines is 1. The Morgan fingerprint density at radius 1 is 1.27 bits per heavy atom. The van der Waals surface area contributed by atoms with Gasteiger partial charge in [0, 0.05) is 18.8 Å². The SMILES string of the molecule is Cc1ccc(N)c(CN=Nc2nc(N3CCOCC3)c3[nH]cnc3n2)c1. The van der Waals surface area contributed by atoms with Gasteiger partial charge in [-0.25, -0.2) is 4.98 Å². The highest BCUT2D eigenvalue weighted by molar-refractivity contribution is 5.84. The van der Waals surface area contributed by atoms with Crippen molar-refractivity contribution in [2.75, 3.05) is 36.9 Å². The van der Waals surface area contributed by atoms with E-state index in [4.69, 9.17) is 10.5 Å². The van der Waals surface area contributed by atoms with E-state index in [0.717, 1.165) is 35.6 Å². The summed E-state index contributed by atoms with van der Waals surface area (Å²) in [6.07, 6.45) is 1.61. The lowest BCUT2D eigenvalue weighted by atomic mass is 10.1. The lowest BCUT2D eigenvalue weighted by Crippen LogP contribution is -2.37. The van der Waals surface area contributed by atoms with Crippen LogP contribution >= 0.6 is 0 Å². The van der Waals surface area contributed by atoms with Crippen molar-refractivity contribution in [1.82, 2.24) is 19.9 Å². The van der Waals surface area contributed by atoms with Crippen LogP contribution < -0.4 is 10.6 Å². The smallest absolute Gasteiger partial charge is 0.272 e. The summed E-state index contributed by atoms with van der Waals surface area (Å²) in [5.74, 6) is 1.07. The molecule has 1 aliphatic rings. The van der Waals surface area contributed by atoms with Crippen molar-refractivity contribution in [2.45, 2.75) is 13.5 Å². The van der Waals surface area contributed by atoms with Crippen LogP contribution in [0.3, 0.4) is 0 Å². The van der Waals surface area contributed by atoms with Crippen LogP contribution in [-0.4, -0.2) is 46.2 Å². The quantitative estimate of drug-likeness (QED) is 0.550. The molecule has 1 aliphatic heterocycles. The van der Waals surface area contributed by atoms with Crippen LogP contribution in [0.2, 0.25) is 0 Å². The molecule has 4 rings (SSSR count). The zero-order chi connectivity index (χ0) is 17.9. The minimum Gasteiger partial charge on any atom is -0.398 e. The first-order valence-electron chi connectivity index (χ1n) is 8.47. The van der Waals surface area contributed by atoms with Gasteiger partial charge in [0.2, 0.25) is 0 Å². The highest BCUT2D eigenvalue weighted by Crippen LogP contribution is 2.25. The Labute approximate surface area is 150 Å². The third-order valence-corrected chi connectivity index (χ3v) is 4.27. The molecule has 0 bridgehead atoms. The molecule has 9 nitrogen and oxygen atoms in total. The number of nitrogens with two attached hydrogens (primary N) is 1. The number of imidazole rings is 1.